The van der Waals surface area contributed by atoms with Gasteiger partial charge in [0.05, 0.1) is 0 Å². The number of aromatic nitrogens is 3. The van der Waals surface area contributed by atoms with Crippen molar-refractivity contribution in [1.82, 2.24) is 19.3 Å². The molecule has 1 aromatic carbocycles. The van der Waals surface area contributed by atoms with Gasteiger partial charge in [-0.25, -0.2) is 14.4 Å². The lowest BCUT2D eigenvalue weighted by atomic mass is 9.98. The Labute approximate surface area is 132 Å². The van der Waals surface area contributed by atoms with Crippen molar-refractivity contribution in [3.8, 4) is 0 Å². The van der Waals surface area contributed by atoms with E-state index in [4.69, 9.17) is 0 Å². The molecule has 1 atom stereocenters. The fraction of sp³-hybridized carbons (Fsp3) is 0.235. The van der Waals surface area contributed by atoms with E-state index in [1.54, 1.807) is 46.2 Å². The Morgan fingerprint density at radius 1 is 1.17 bits per heavy atom. The van der Waals surface area contributed by atoms with Crippen molar-refractivity contribution in [2.45, 2.75) is 12.3 Å². The molecule has 1 amide bonds. The number of hydrogen-bond donors (Lipinski definition) is 0. The van der Waals surface area contributed by atoms with Crippen molar-refractivity contribution in [1.29, 1.82) is 0 Å². The first-order chi connectivity index (χ1) is 11.2. The van der Waals surface area contributed by atoms with Gasteiger partial charge in [-0.3, -0.25) is 4.79 Å². The smallest absolute Gasteiger partial charge is 0.276 e. The van der Waals surface area contributed by atoms with Crippen LogP contribution in [-0.4, -0.2) is 38.3 Å². The highest BCUT2D eigenvalue weighted by atomic mass is 19.1. The zero-order valence-corrected chi connectivity index (χ0v) is 12.4. The minimum atomic E-state index is -0.208. The number of rotatable bonds is 2. The zero-order chi connectivity index (χ0) is 15.8. The van der Waals surface area contributed by atoms with Crippen molar-refractivity contribution in [3.05, 3.63) is 66.1 Å². The second kappa shape index (κ2) is 5.46. The lowest BCUT2D eigenvalue weighted by Crippen LogP contribution is -2.29. The van der Waals surface area contributed by atoms with Gasteiger partial charge in [-0.1, -0.05) is 18.2 Å². The number of imidazole rings is 1. The molecule has 1 saturated heterocycles. The molecule has 0 saturated carbocycles. The van der Waals surface area contributed by atoms with Gasteiger partial charge in [0.2, 0.25) is 0 Å². The Morgan fingerprint density at radius 2 is 1.96 bits per heavy atom. The number of nitrogens with zero attached hydrogens (tertiary/aromatic N) is 4. The van der Waals surface area contributed by atoms with E-state index in [9.17, 15) is 9.18 Å². The number of benzene rings is 1. The lowest BCUT2D eigenvalue weighted by Gasteiger charge is -2.16. The summed E-state index contributed by atoms with van der Waals surface area (Å²) in [5.74, 6) is -0.333. The monoisotopic (exact) mass is 310 g/mol. The third kappa shape index (κ3) is 2.36. The van der Waals surface area contributed by atoms with Gasteiger partial charge >= 0.3 is 0 Å². The number of hydrogen-bond acceptors (Lipinski definition) is 3. The van der Waals surface area contributed by atoms with Crippen LogP contribution in [0.1, 0.15) is 28.4 Å². The number of amides is 1. The molecule has 23 heavy (non-hydrogen) atoms. The van der Waals surface area contributed by atoms with Crippen LogP contribution in [0.5, 0.6) is 0 Å². The van der Waals surface area contributed by atoms with Gasteiger partial charge < -0.3 is 9.30 Å². The Balaban J connectivity index is 1.59. The molecule has 1 aliphatic rings. The molecule has 6 heteroatoms. The van der Waals surface area contributed by atoms with E-state index < -0.39 is 0 Å². The van der Waals surface area contributed by atoms with Crippen LogP contribution in [0.15, 0.2) is 49.1 Å². The fourth-order valence-electron chi connectivity index (χ4n) is 3.16. The quantitative estimate of drug-likeness (QED) is 0.731. The van der Waals surface area contributed by atoms with E-state index in [0.29, 0.717) is 30.0 Å². The van der Waals surface area contributed by atoms with Crippen molar-refractivity contribution in [2.24, 2.45) is 0 Å². The van der Waals surface area contributed by atoms with Gasteiger partial charge in [0, 0.05) is 43.8 Å². The van der Waals surface area contributed by atoms with Crippen LogP contribution in [0.2, 0.25) is 0 Å². The highest BCUT2D eigenvalue weighted by Gasteiger charge is 2.31. The van der Waals surface area contributed by atoms with E-state index >= 15 is 0 Å². The summed E-state index contributed by atoms with van der Waals surface area (Å²) in [6.45, 7) is 1.10. The van der Waals surface area contributed by atoms with E-state index in [1.165, 1.54) is 6.07 Å². The summed E-state index contributed by atoms with van der Waals surface area (Å²) in [7, 11) is 0. The average molecular weight is 310 g/mol. The third-order valence-corrected chi connectivity index (χ3v) is 4.33. The maximum Gasteiger partial charge on any atom is 0.276 e. The van der Waals surface area contributed by atoms with Crippen LogP contribution in [0.25, 0.3) is 5.65 Å². The van der Waals surface area contributed by atoms with Crippen LogP contribution >= 0.6 is 0 Å². The molecular weight excluding hydrogens is 295 g/mol. The lowest BCUT2D eigenvalue weighted by molar-refractivity contribution is 0.0786. The second-order valence-corrected chi connectivity index (χ2v) is 5.69. The number of halogens is 1. The molecule has 1 fully saturated rings. The highest BCUT2D eigenvalue weighted by molar-refractivity contribution is 5.97. The molecule has 0 N–H and O–H groups in total. The molecule has 2 aromatic heterocycles. The summed E-state index contributed by atoms with van der Waals surface area (Å²) in [4.78, 5) is 22.9. The topological polar surface area (TPSA) is 50.5 Å². The third-order valence-electron chi connectivity index (χ3n) is 4.33. The minimum Gasteiger partial charge on any atom is -0.337 e. The number of carbonyl (C=O) groups is 1. The van der Waals surface area contributed by atoms with Crippen molar-refractivity contribution >= 4 is 11.6 Å². The van der Waals surface area contributed by atoms with E-state index in [0.717, 1.165) is 6.42 Å². The highest BCUT2D eigenvalue weighted by Crippen LogP contribution is 2.29. The number of likely N-dealkylation sites (tertiary alicyclic amines) is 1. The fourth-order valence-corrected chi connectivity index (χ4v) is 3.16. The second-order valence-electron chi connectivity index (χ2n) is 5.69. The molecule has 1 aliphatic heterocycles. The summed E-state index contributed by atoms with van der Waals surface area (Å²) in [6.07, 6.45) is 7.52. The predicted octanol–water partition coefficient (Wildman–Crippen LogP) is 2.50. The molecule has 3 heterocycles. The zero-order valence-electron chi connectivity index (χ0n) is 12.4. The summed E-state index contributed by atoms with van der Waals surface area (Å²) >= 11 is 0. The Hall–Kier alpha value is -2.76. The predicted molar refractivity (Wildman–Crippen MR) is 82.6 cm³/mol. The van der Waals surface area contributed by atoms with Crippen LogP contribution in [0.4, 0.5) is 4.39 Å². The Kier molecular flexibility index (Phi) is 3.29. The number of fused-ring (bicyclic) bond motifs is 1. The summed E-state index contributed by atoms with van der Waals surface area (Å²) in [5.41, 5.74) is 1.56. The standard InChI is InChI=1S/C17H15FN4O/c18-14-4-2-1-3-13(14)12-5-8-22(11-12)17(23)15-16-20-7-10-21(16)9-6-19-15/h1-4,6-7,9-10,12H,5,8,11H2. The molecule has 0 aliphatic carbocycles. The maximum atomic E-state index is 13.9. The molecule has 0 spiro atoms. The van der Waals surface area contributed by atoms with Crippen molar-refractivity contribution < 1.29 is 9.18 Å². The summed E-state index contributed by atoms with van der Waals surface area (Å²) in [5, 5.41) is 0. The van der Waals surface area contributed by atoms with E-state index in [2.05, 4.69) is 9.97 Å². The van der Waals surface area contributed by atoms with Crippen molar-refractivity contribution in [2.75, 3.05) is 13.1 Å². The first-order valence-corrected chi connectivity index (χ1v) is 7.55. The van der Waals surface area contributed by atoms with E-state index in [1.807, 2.05) is 6.07 Å². The minimum absolute atomic E-state index is 0.0274. The molecule has 5 nitrogen and oxygen atoms in total. The van der Waals surface area contributed by atoms with Gasteiger partial charge in [0.15, 0.2) is 11.3 Å². The van der Waals surface area contributed by atoms with Crippen LogP contribution in [0.3, 0.4) is 0 Å². The molecule has 3 aromatic rings. The van der Waals surface area contributed by atoms with Gasteiger partial charge in [0.25, 0.3) is 5.91 Å². The van der Waals surface area contributed by atoms with Crippen LogP contribution < -0.4 is 0 Å². The Morgan fingerprint density at radius 3 is 2.78 bits per heavy atom. The van der Waals surface area contributed by atoms with Gasteiger partial charge in [-0.15, -0.1) is 0 Å². The van der Waals surface area contributed by atoms with Crippen LogP contribution in [-0.2, 0) is 0 Å². The average Bonchev–Trinajstić information content (AvgIpc) is 3.23. The maximum absolute atomic E-state index is 13.9. The van der Waals surface area contributed by atoms with Gasteiger partial charge in [-0.2, -0.15) is 0 Å². The first kappa shape index (κ1) is 13.9. The van der Waals surface area contributed by atoms with Crippen LogP contribution in [0, 0.1) is 5.82 Å². The number of carbonyl (C=O) groups excluding carboxylic acids is 1. The molecule has 1 unspecified atom stereocenters. The summed E-state index contributed by atoms with van der Waals surface area (Å²) < 4.78 is 15.7. The van der Waals surface area contributed by atoms with Gasteiger partial charge in [-0.05, 0) is 18.1 Å². The SMILES string of the molecule is O=C(c1nccn2ccnc12)N1CCC(c2ccccc2F)C1. The molecular formula is C17H15FN4O. The largest absolute Gasteiger partial charge is 0.337 e. The van der Waals surface area contributed by atoms with Gasteiger partial charge in [0.1, 0.15) is 5.82 Å². The molecule has 0 bridgehead atoms. The Bertz CT molecular complexity index is 876. The first-order valence-electron chi connectivity index (χ1n) is 7.55. The van der Waals surface area contributed by atoms with Crippen molar-refractivity contribution in [3.63, 3.8) is 0 Å². The summed E-state index contributed by atoms with van der Waals surface area (Å²) in [6, 6.07) is 6.77. The normalized spacial score (nSPS) is 17.8. The van der Waals surface area contributed by atoms with E-state index in [-0.39, 0.29) is 17.6 Å². The molecule has 4 rings (SSSR count). The molecule has 116 valence electrons. The molecule has 0 radical (unpaired) electrons.